The van der Waals surface area contributed by atoms with E-state index in [9.17, 15) is 0 Å². The third kappa shape index (κ3) is 1.43. The third-order valence-electron chi connectivity index (χ3n) is 1.41. The van der Waals surface area contributed by atoms with Crippen molar-refractivity contribution in [2.24, 2.45) is 0 Å². The molecule has 48 valence electrons. The minimum absolute atomic E-state index is 0.266. The molecule has 0 amide bonds. The van der Waals surface area contributed by atoms with Gasteiger partial charge in [0.2, 0.25) is 0 Å². The van der Waals surface area contributed by atoms with Gasteiger partial charge in [-0.25, -0.2) is 0 Å². The van der Waals surface area contributed by atoms with Crippen LogP contribution in [0.4, 0.5) is 0 Å². The van der Waals surface area contributed by atoms with Crippen LogP contribution in [0.3, 0.4) is 0 Å². The Bertz CT molecular complexity index is 61.4. The van der Waals surface area contributed by atoms with E-state index in [1.54, 1.807) is 0 Å². The van der Waals surface area contributed by atoms with Crippen LogP contribution in [0, 0.1) is 0 Å². The van der Waals surface area contributed by atoms with Crippen LogP contribution in [0.15, 0.2) is 0 Å². The van der Waals surface area contributed by atoms with E-state index in [4.69, 9.17) is 5.11 Å². The molecular weight excluding hydrogens is 104 g/mol. The van der Waals surface area contributed by atoms with Crippen molar-refractivity contribution in [3.8, 4) is 0 Å². The van der Waals surface area contributed by atoms with Crippen molar-refractivity contribution in [3.63, 3.8) is 0 Å². The molecule has 0 aliphatic carbocycles. The second kappa shape index (κ2) is 3.02. The van der Waals surface area contributed by atoms with Gasteiger partial charge in [0.15, 0.2) is 0 Å². The van der Waals surface area contributed by atoms with Gasteiger partial charge in [0.25, 0.3) is 0 Å². The Morgan fingerprint density at radius 3 is 2.88 bits per heavy atom. The summed E-state index contributed by atoms with van der Waals surface area (Å²) in [6, 6.07) is 0.330. The molecule has 0 saturated carbocycles. The molecule has 1 rings (SSSR count). The molecule has 3 nitrogen and oxygen atoms in total. The average Bonchev–Trinajstić information content (AvgIpc) is 1.90. The van der Waals surface area contributed by atoms with Crippen molar-refractivity contribution in [3.05, 3.63) is 0 Å². The quantitative estimate of drug-likeness (QED) is 0.407. The number of hydrogen-bond donors (Lipinski definition) is 3. The van der Waals surface area contributed by atoms with Crippen LogP contribution in [0.2, 0.25) is 0 Å². The standard InChI is InChI=1S/C5H12N2O/c8-3-5-1-2-6-4-7-5/h5-8H,1-4H2. The molecule has 0 aromatic carbocycles. The Morgan fingerprint density at radius 2 is 2.50 bits per heavy atom. The number of aliphatic hydroxyl groups is 1. The molecule has 8 heavy (non-hydrogen) atoms. The maximum atomic E-state index is 8.60. The number of nitrogens with one attached hydrogen (secondary N) is 2. The molecule has 1 aliphatic rings. The SMILES string of the molecule is OCC1CCNCN1. The van der Waals surface area contributed by atoms with Crippen LogP contribution in [0.1, 0.15) is 6.42 Å². The molecule has 3 heteroatoms. The summed E-state index contributed by atoms with van der Waals surface area (Å²) in [5, 5.41) is 14.8. The fourth-order valence-electron chi connectivity index (χ4n) is 0.839. The van der Waals surface area contributed by atoms with Crippen molar-refractivity contribution < 1.29 is 5.11 Å². The molecule has 1 atom stereocenters. The lowest BCUT2D eigenvalue weighted by Crippen LogP contribution is -2.46. The lowest BCUT2D eigenvalue weighted by atomic mass is 10.2. The first-order chi connectivity index (χ1) is 3.93. The first-order valence-corrected chi connectivity index (χ1v) is 2.98. The van der Waals surface area contributed by atoms with Gasteiger partial charge in [-0.1, -0.05) is 0 Å². The van der Waals surface area contributed by atoms with Gasteiger partial charge in [-0.3, -0.25) is 5.32 Å². The minimum atomic E-state index is 0.266. The molecule has 0 aromatic rings. The smallest absolute Gasteiger partial charge is 0.0585 e. The predicted octanol–water partition coefficient (Wildman–Crippen LogP) is -1.11. The maximum Gasteiger partial charge on any atom is 0.0585 e. The molecule has 3 N–H and O–H groups in total. The van der Waals surface area contributed by atoms with Crippen LogP contribution >= 0.6 is 0 Å². The Kier molecular flexibility index (Phi) is 2.27. The van der Waals surface area contributed by atoms with E-state index in [2.05, 4.69) is 10.6 Å². The average molecular weight is 116 g/mol. The molecule has 1 fully saturated rings. The summed E-state index contributed by atoms with van der Waals surface area (Å²) in [6.07, 6.45) is 1.04. The van der Waals surface area contributed by atoms with Crippen molar-refractivity contribution in [2.45, 2.75) is 12.5 Å². The molecule has 0 radical (unpaired) electrons. The summed E-state index contributed by atoms with van der Waals surface area (Å²) in [6.45, 7) is 2.13. The van der Waals surface area contributed by atoms with Crippen LogP contribution in [-0.2, 0) is 0 Å². The highest BCUT2D eigenvalue weighted by Gasteiger charge is 2.08. The fourth-order valence-corrected chi connectivity index (χ4v) is 0.839. The first-order valence-electron chi connectivity index (χ1n) is 2.98. The molecule has 1 unspecified atom stereocenters. The summed E-state index contributed by atoms with van der Waals surface area (Å²) in [5.41, 5.74) is 0. The second-order valence-corrected chi connectivity index (χ2v) is 2.05. The predicted molar refractivity (Wildman–Crippen MR) is 31.5 cm³/mol. The van der Waals surface area contributed by atoms with Gasteiger partial charge in [0.05, 0.1) is 6.61 Å². The third-order valence-corrected chi connectivity index (χ3v) is 1.41. The molecule has 1 aliphatic heterocycles. The number of aliphatic hydroxyl groups excluding tert-OH is 1. The topological polar surface area (TPSA) is 44.3 Å². The highest BCUT2D eigenvalue weighted by atomic mass is 16.3. The van der Waals surface area contributed by atoms with E-state index in [0.717, 1.165) is 19.6 Å². The maximum absolute atomic E-state index is 8.60. The largest absolute Gasteiger partial charge is 0.395 e. The fraction of sp³-hybridized carbons (Fsp3) is 1.00. The van der Waals surface area contributed by atoms with Gasteiger partial charge in [0, 0.05) is 12.7 Å². The molecular formula is C5H12N2O. The zero-order valence-electron chi connectivity index (χ0n) is 4.85. The van der Waals surface area contributed by atoms with E-state index in [1.807, 2.05) is 0 Å². The first kappa shape index (κ1) is 6.01. The summed E-state index contributed by atoms with van der Waals surface area (Å²) in [7, 11) is 0. The van der Waals surface area contributed by atoms with Crippen LogP contribution in [0.25, 0.3) is 0 Å². The van der Waals surface area contributed by atoms with Gasteiger partial charge >= 0.3 is 0 Å². The molecule has 0 bridgehead atoms. The highest BCUT2D eigenvalue weighted by Crippen LogP contribution is 1.91. The normalized spacial score (nSPS) is 30.4. The summed E-state index contributed by atoms with van der Waals surface area (Å²) < 4.78 is 0. The van der Waals surface area contributed by atoms with E-state index in [-0.39, 0.29) is 6.61 Å². The minimum Gasteiger partial charge on any atom is -0.395 e. The van der Waals surface area contributed by atoms with E-state index in [1.165, 1.54) is 0 Å². The van der Waals surface area contributed by atoms with Gasteiger partial charge < -0.3 is 10.4 Å². The van der Waals surface area contributed by atoms with Gasteiger partial charge in [-0.05, 0) is 13.0 Å². The Hall–Kier alpha value is -0.120. The Labute approximate surface area is 49.1 Å². The summed E-state index contributed by atoms with van der Waals surface area (Å²) in [5.74, 6) is 0. The molecule has 0 aromatic heterocycles. The number of hydrogen-bond acceptors (Lipinski definition) is 3. The molecule has 1 heterocycles. The Balaban J connectivity index is 2.13. The van der Waals surface area contributed by atoms with Crippen molar-refractivity contribution in [1.82, 2.24) is 10.6 Å². The van der Waals surface area contributed by atoms with Crippen LogP contribution in [-0.4, -0.2) is 31.0 Å². The number of rotatable bonds is 1. The summed E-state index contributed by atoms with van der Waals surface area (Å²) in [4.78, 5) is 0. The highest BCUT2D eigenvalue weighted by molar-refractivity contribution is 4.70. The van der Waals surface area contributed by atoms with Crippen molar-refractivity contribution in [2.75, 3.05) is 19.8 Å². The van der Waals surface area contributed by atoms with Gasteiger partial charge in [-0.2, -0.15) is 0 Å². The van der Waals surface area contributed by atoms with E-state index in [0.29, 0.717) is 6.04 Å². The van der Waals surface area contributed by atoms with Gasteiger partial charge in [0.1, 0.15) is 0 Å². The van der Waals surface area contributed by atoms with Gasteiger partial charge in [-0.15, -0.1) is 0 Å². The zero-order valence-corrected chi connectivity index (χ0v) is 4.85. The second-order valence-electron chi connectivity index (χ2n) is 2.05. The van der Waals surface area contributed by atoms with Crippen molar-refractivity contribution in [1.29, 1.82) is 0 Å². The molecule has 0 spiro atoms. The van der Waals surface area contributed by atoms with E-state index < -0.39 is 0 Å². The van der Waals surface area contributed by atoms with E-state index >= 15 is 0 Å². The molecule has 1 saturated heterocycles. The summed E-state index contributed by atoms with van der Waals surface area (Å²) >= 11 is 0. The Morgan fingerprint density at radius 1 is 1.62 bits per heavy atom. The zero-order chi connectivity index (χ0) is 5.82. The lowest BCUT2D eigenvalue weighted by molar-refractivity contribution is 0.218. The van der Waals surface area contributed by atoms with Crippen LogP contribution in [0.5, 0.6) is 0 Å². The monoisotopic (exact) mass is 116 g/mol. The van der Waals surface area contributed by atoms with Crippen LogP contribution < -0.4 is 10.6 Å². The lowest BCUT2D eigenvalue weighted by Gasteiger charge is -2.21. The van der Waals surface area contributed by atoms with Crippen molar-refractivity contribution >= 4 is 0 Å².